The first-order valence-electron chi connectivity index (χ1n) is 7.95. The molecule has 1 atom stereocenters. The molecule has 0 unspecified atom stereocenters. The molecule has 0 aliphatic heterocycles. The van der Waals surface area contributed by atoms with Crippen LogP contribution in [0.5, 0.6) is 0 Å². The quantitative estimate of drug-likeness (QED) is 0.819. The van der Waals surface area contributed by atoms with Crippen molar-refractivity contribution < 1.29 is 22.7 Å². The average Bonchev–Trinajstić information content (AvgIpc) is 2.54. The van der Waals surface area contributed by atoms with Gasteiger partial charge < -0.3 is 10.1 Å². The van der Waals surface area contributed by atoms with Gasteiger partial charge in [0.2, 0.25) is 11.6 Å². The van der Waals surface area contributed by atoms with Gasteiger partial charge in [-0.15, -0.1) is 0 Å². The Kier molecular flexibility index (Phi) is 5.70. The van der Waals surface area contributed by atoms with Crippen LogP contribution in [-0.2, 0) is 15.7 Å². The Morgan fingerprint density at radius 2 is 1.92 bits per heavy atom. The van der Waals surface area contributed by atoms with Gasteiger partial charge in [0.15, 0.2) is 0 Å². The van der Waals surface area contributed by atoms with Crippen molar-refractivity contribution in [3.8, 4) is 0 Å². The smallest absolute Gasteiger partial charge is 0.383 e. The number of halogens is 3. The number of nitrogens with zero attached hydrogens (tertiary/aromatic N) is 2. The molecule has 0 spiro atoms. The number of alkyl halides is 3. The van der Waals surface area contributed by atoms with Crippen LogP contribution in [0.2, 0.25) is 0 Å². The molecule has 0 aliphatic rings. The molecule has 9 heteroatoms. The number of rotatable bonds is 5. The van der Waals surface area contributed by atoms with E-state index in [1.165, 1.54) is 20.1 Å². The number of nitrogens with one attached hydrogen (secondary N) is 1. The van der Waals surface area contributed by atoms with Gasteiger partial charge in [-0.2, -0.15) is 13.2 Å². The number of aryl methyl sites for hydroxylation is 2. The predicted octanol–water partition coefficient (Wildman–Crippen LogP) is 2.36. The van der Waals surface area contributed by atoms with Crippen molar-refractivity contribution >= 4 is 16.9 Å². The minimum absolute atomic E-state index is 0.0107. The molecule has 1 heterocycles. The summed E-state index contributed by atoms with van der Waals surface area (Å²) in [6, 6.07) is 1.90. The molecule has 1 aromatic heterocycles. The van der Waals surface area contributed by atoms with Crippen molar-refractivity contribution in [2.24, 2.45) is 0 Å². The fourth-order valence-corrected chi connectivity index (χ4v) is 2.57. The van der Waals surface area contributed by atoms with Crippen molar-refractivity contribution in [2.45, 2.75) is 33.0 Å². The number of ether oxygens (including phenoxy) is 1. The van der Waals surface area contributed by atoms with E-state index in [1.807, 2.05) is 0 Å². The van der Waals surface area contributed by atoms with E-state index >= 15 is 0 Å². The highest BCUT2D eigenvalue weighted by Crippen LogP contribution is 2.28. The van der Waals surface area contributed by atoms with Crippen molar-refractivity contribution in [3.05, 3.63) is 39.3 Å². The van der Waals surface area contributed by atoms with Crippen LogP contribution in [0.3, 0.4) is 0 Å². The van der Waals surface area contributed by atoms with Gasteiger partial charge in [0, 0.05) is 13.7 Å². The van der Waals surface area contributed by atoms with Crippen LogP contribution in [0.15, 0.2) is 16.9 Å². The number of aromatic nitrogens is 2. The lowest BCUT2D eigenvalue weighted by Gasteiger charge is -2.20. The largest absolute Gasteiger partial charge is 0.438 e. The van der Waals surface area contributed by atoms with Crippen LogP contribution in [0.25, 0.3) is 11.0 Å². The highest BCUT2D eigenvalue weighted by Gasteiger charge is 2.38. The lowest BCUT2D eigenvalue weighted by molar-refractivity contribution is -0.142. The Morgan fingerprint density at radius 1 is 1.31 bits per heavy atom. The number of fused-ring (bicyclic) bond motifs is 1. The van der Waals surface area contributed by atoms with Crippen LogP contribution in [0.4, 0.5) is 13.2 Å². The number of methoxy groups -OCH3 is 1. The summed E-state index contributed by atoms with van der Waals surface area (Å²) in [7, 11) is 1.46. The third kappa shape index (κ3) is 3.87. The van der Waals surface area contributed by atoms with Gasteiger partial charge in [0.05, 0.1) is 17.6 Å². The monoisotopic (exact) mass is 371 g/mol. The lowest BCUT2D eigenvalue weighted by Crippen LogP contribution is -2.40. The number of amides is 1. The molecule has 0 aliphatic carbocycles. The molecule has 1 aromatic carbocycles. The Balaban J connectivity index is 2.69. The lowest BCUT2D eigenvalue weighted by atomic mass is 10.1. The van der Waals surface area contributed by atoms with Crippen molar-refractivity contribution in [2.75, 3.05) is 20.3 Å². The highest BCUT2D eigenvalue weighted by molar-refractivity contribution is 5.84. The first kappa shape index (κ1) is 19.9. The SMILES string of the molecule is COCCNC(=O)[C@@H](C)n1c(=O)c(C(F)(F)F)nc2cc(C)c(C)cc21. The highest BCUT2D eigenvalue weighted by atomic mass is 19.4. The van der Waals surface area contributed by atoms with E-state index in [-0.39, 0.29) is 24.2 Å². The zero-order valence-corrected chi connectivity index (χ0v) is 14.9. The Labute approximate surface area is 148 Å². The molecule has 1 N–H and O–H groups in total. The van der Waals surface area contributed by atoms with Gasteiger partial charge in [-0.3, -0.25) is 14.2 Å². The number of benzene rings is 1. The first-order chi connectivity index (χ1) is 12.1. The van der Waals surface area contributed by atoms with Crippen LogP contribution < -0.4 is 10.9 Å². The van der Waals surface area contributed by atoms with E-state index in [2.05, 4.69) is 10.3 Å². The first-order valence-corrected chi connectivity index (χ1v) is 7.95. The van der Waals surface area contributed by atoms with E-state index in [4.69, 9.17) is 4.74 Å². The second-order valence-corrected chi connectivity index (χ2v) is 6.02. The van der Waals surface area contributed by atoms with Gasteiger partial charge in [0.1, 0.15) is 6.04 Å². The summed E-state index contributed by atoms with van der Waals surface area (Å²) < 4.78 is 45.4. The molecule has 2 aromatic rings. The summed E-state index contributed by atoms with van der Waals surface area (Å²) >= 11 is 0. The molecule has 0 saturated carbocycles. The maximum Gasteiger partial charge on any atom is 0.438 e. The van der Waals surface area contributed by atoms with Gasteiger partial charge in [0.25, 0.3) is 5.56 Å². The number of hydrogen-bond donors (Lipinski definition) is 1. The summed E-state index contributed by atoms with van der Waals surface area (Å²) in [4.78, 5) is 28.3. The third-order valence-corrected chi connectivity index (χ3v) is 4.14. The average molecular weight is 371 g/mol. The minimum Gasteiger partial charge on any atom is -0.383 e. The molecule has 2 rings (SSSR count). The number of carbonyl (C=O) groups excluding carboxylic acids is 1. The van der Waals surface area contributed by atoms with E-state index in [0.29, 0.717) is 0 Å². The van der Waals surface area contributed by atoms with E-state index < -0.39 is 29.4 Å². The van der Waals surface area contributed by atoms with Crippen molar-refractivity contribution in [1.29, 1.82) is 0 Å². The standard InChI is InChI=1S/C17H20F3N3O3/c1-9-7-12-13(8-10(9)2)23(11(3)15(24)21-5-6-26-4)16(25)14(22-12)17(18,19)20/h7-8,11H,5-6H2,1-4H3,(H,21,24)/t11-/m1/s1. The van der Waals surface area contributed by atoms with Crippen molar-refractivity contribution in [1.82, 2.24) is 14.9 Å². The van der Waals surface area contributed by atoms with Gasteiger partial charge in [-0.1, -0.05) is 0 Å². The normalized spacial score (nSPS) is 13.0. The number of carbonyl (C=O) groups is 1. The summed E-state index contributed by atoms with van der Waals surface area (Å²) in [5.41, 5.74) is -1.18. The molecule has 26 heavy (non-hydrogen) atoms. The number of hydrogen-bond acceptors (Lipinski definition) is 4. The molecule has 142 valence electrons. The second-order valence-electron chi connectivity index (χ2n) is 6.02. The summed E-state index contributed by atoms with van der Waals surface area (Å²) in [6.45, 7) is 5.31. The Hall–Kier alpha value is -2.42. The van der Waals surface area contributed by atoms with Crippen LogP contribution in [0, 0.1) is 13.8 Å². The molecule has 0 bridgehead atoms. The third-order valence-electron chi connectivity index (χ3n) is 4.14. The molecule has 0 saturated heterocycles. The Morgan fingerprint density at radius 3 is 2.50 bits per heavy atom. The molecular formula is C17H20F3N3O3. The van der Waals surface area contributed by atoms with E-state index in [1.54, 1.807) is 19.9 Å². The van der Waals surface area contributed by atoms with Crippen LogP contribution in [0.1, 0.15) is 29.8 Å². The second kappa shape index (κ2) is 7.45. The molecular weight excluding hydrogens is 351 g/mol. The summed E-state index contributed by atoms with van der Waals surface area (Å²) in [6.07, 6.45) is -4.92. The van der Waals surface area contributed by atoms with Gasteiger partial charge in [-0.25, -0.2) is 4.98 Å². The summed E-state index contributed by atoms with van der Waals surface area (Å²) in [5, 5.41) is 2.53. The zero-order chi connectivity index (χ0) is 19.6. The minimum atomic E-state index is -4.92. The molecule has 0 fully saturated rings. The molecule has 6 nitrogen and oxygen atoms in total. The fourth-order valence-electron chi connectivity index (χ4n) is 2.57. The Bertz CT molecular complexity index is 891. The maximum absolute atomic E-state index is 13.3. The van der Waals surface area contributed by atoms with Crippen molar-refractivity contribution in [3.63, 3.8) is 0 Å². The van der Waals surface area contributed by atoms with Crippen LogP contribution in [-0.4, -0.2) is 35.7 Å². The van der Waals surface area contributed by atoms with E-state index in [9.17, 15) is 22.8 Å². The topological polar surface area (TPSA) is 73.2 Å². The predicted molar refractivity (Wildman–Crippen MR) is 90.1 cm³/mol. The fraction of sp³-hybridized carbons (Fsp3) is 0.471. The summed E-state index contributed by atoms with van der Waals surface area (Å²) in [5.74, 6) is -0.581. The molecule has 1 amide bonds. The van der Waals surface area contributed by atoms with E-state index in [0.717, 1.165) is 15.7 Å². The van der Waals surface area contributed by atoms with Gasteiger partial charge in [-0.05, 0) is 44.0 Å². The van der Waals surface area contributed by atoms with Gasteiger partial charge >= 0.3 is 6.18 Å². The maximum atomic E-state index is 13.3. The van der Waals surface area contributed by atoms with Crippen LogP contribution >= 0.6 is 0 Å². The zero-order valence-electron chi connectivity index (χ0n) is 14.9. The molecule has 0 radical (unpaired) electrons.